The Morgan fingerprint density at radius 2 is 1.65 bits per heavy atom. The standard InChI is InChI=1S/C24H24FN5O4/c1-16-5-3-8-20(13-16)30-24(34)29(15-18-6-4-7-19(25)14-18)23(33)21(26-30)22(32)28-11-9-27(10-12-28)17(2)31/h3-8,13-14H,9-12,15H2,1-2H3. The Morgan fingerprint density at radius 3 is 2.29 bits per heavy atom. The lowest BCUT2D eigenvalue weighted by molar-refractivity contribution is -0.130. The van der Waals surface area contributed by atoms with Crippen molar-refractivity contribution in [1.82, 2.24) is 24.1 Å². The van der Waals surface area contributed by atoms with Gasteiger partial charge in [0.2, 0.25) is 11.6 Å². The van der Waals surface area contributed by atoms with E-state index in [4.69, 9.17) is 0 Å². The molecule has 9 nitrogen and oxygen atoms in total. The van der Waals surface area contributed by atoms with E-state index < -0.39 is 28.7 Å². The molecule has 4 rings (SSSR count). The van der Waals surface area contributed by atoms with Crippen molar-refractivity contribution in [3.05, 3.63) is 92.0 Å². The van der Waals surface area contributed by atoms with Gasteiger partial charge in [-0.15, -0.1) is 0 Å². The van der Waals surface area contributed by atoms with E-state index in [0.717, 1.165) is 14.8 Å². The number of nitrogens with zero attached hydrogens (tertiary/aromatic N) is 5. The SMILES string of the molecule is CC(=O)N1CCN(C(=O)c2nn(-c3cccc(C)c3)c(=O)n(Cc3cccc(F)c3)c2=O)CC1. The van der Waals surface area contributed by atoms with E-state index in [9.17, 15) is 23.6 Å². The van der Waals surface area contributed by atoms with Gasteiger partial charge >= 0.3 is 5.69 Å². The number of aromatic nitrogens is 3. The number of piperazine rings is 1. The number of halogens is 1. The number of benzene rings is 2. The first-order chi connectivity index (χ1) is 16.2. The highest BCUT2D eigenvalue weighted by Crippen LogP contribution is 2.10. The minimum absolute atomic E-state index is 0.0873. The lowest BCUT2D eigenvalue weighted by Gasteiger charge is -2.33. The fraction of sp³-hybridized carbons (Fsp3) is 0.292. The molecule has 0 bridgehead atoms. The van der Waals surface area contributed by atoms with Crippen LogP contribution in [0.2, 0.25) is 0 Å². The molecule has 0 atom stereocenters. The van der Waals surface area contributed by atoms with Crippen LogP contribution in [0.3, 0.4) is 0 Å². The summed E-state index contributed by atoms with van der Waals surface area (Å²) in [6, 6.07) is 12.5. The summed E-state index contributed by atoms with van der Waals surface area (Å²) in [7, 11) is 0. The van der Waals surface area contributed by atoms with Gasteiger partial charge in [-0.3, -0.25) is 19.0 Å². The third kappa shape index (κ3) is 4.66. The Bertz CT molecular complexity index is 1370. The molecule has 2 aromatic carbocycles. The summed E-state index contributed by atoms with van der Waals surface area (Å²) >= 11 is 0. The minimum Gasteiger partial charge on any atom is -0.339 e. The van der Waals surface area contributed by atoms with Crippen molar-refractivity contribution in [2.75, 3.05) is 26.2 Å². The number of amides is 2. The van der Waals surface area contributed by atoms with Gasteiger partial charge in [-0.05, 0) is 42.3 Å². The number of carbonyl (C=O) groups excluding carboxylic acids is 2. The monoisotopic (exact) mass is 465 g/mol. The summed E-state index contributed by atoms with van der Waals surface area (Å²) in [4.78, 5) is 54.5. The molecule has 3 aromatic rings. The average molecular weight is 465 g/mol. The second kappa shape index (κ2) is 9.42. The zero-order valence-electron chi connectivity index (χ0n) is 18.9. The van der Waals surface area contributed by atoms with Gasteiger partial charge < -0.3 is 9.80 Å². The number of aryl methyl sites for hydroxylation is 1. The van der Waals surface area contributed by atoms with E-state index in [2.05, 4.69) is 5.10 Å². The van der Waals surface area contributed by atoms with Crippen molar-refractivity contribution < 1.29 is 14.0 Å². The van der Waals surface area contributed by atoms with Crippen molar-refractivity contribution >= 4 is 11.8 Å². The second-order valence-corrected chi connectivity index (χ2v) is 8.20. The Kier molecular flexibility index (Phi) is 6.40. The van der Waals surface area contributed by atoms with Gasteiger partial charge in [0.05, 0.1) is 12.2 Å². The molecule has 0 radical (unpaired) electrons. The van der Waals surface area contributed by atoms with Gasteiger partial charge in [0.1, 0.15) is 5.82 Å². The molecule has 0 aliphatic carbocycles. The highest BCUT2D eigenvalue weighted by Gasteiger charge is 2.28. The molecule has 1 aliphatic rings. The highest BCUT2D eigenvalue weighted by atomic mass is 19.1. The molecule has 0 saturated carbocycles. The smallest absolute Gasteiger partial charge is 0.339 e. The minimum atomic E-state index is -0.850. The van der Waals surface area contributed by atoms with Gasteiger partial charge in [0, 0.05) is 33.1 Å². The third-order valence-electron chi connectivity index (χ3n) is 5.75. The zero-order valence-corrected chi connectivity index (χ0v) is 18.9. The Hall–Kier alpha value is -4.08. The predicted octanol–water partition coefficient (Wildman–Crippen LogP) is 1.19. The number of hydrogen-bond acceptors (Lipinski definition) is 5. The van der Waals surface area contributed by atoms with E-state index in [-0.39, 0.29) is 25.5 Å². The summed E-state index contributed by atoms with van der Waals surface area (Å²) in [5.41, 5.74) is -0.339. The Balaban J connectivity index is 1.80. The van der Waals surface area contributed by atoms with Crippen LogP contribution in [0.1, 0.15) is 28.5 Å². The Labute approximate surface area is 194 Å². The van der Waals surface area contributed by atoms with Gasteiger partial charge in [0.15, 0.2) is 0 Å². The zero-order chi connectivity index (χ0) is 24.4. The van der Waals surface area contributed by atoms with E-state index >= 15 is 0 Å². The van der Waals surface area contributed by atoms with Gasteiger partial charge in [-0.25, -0.2) is 9.18 Å². The molecule has 1 aliphatic heterocycles. The van der Waals surface area contributed by atoms with Crippen molar-refractivity contribution in [3.8, 4) is 5.69 Å². The van der Waals surface area contributed by atoms with Crippen LogP contribution >= 0.6 is 0 Å². The van der Waals surface area contributed by atoms with E-state index in [1.165, 1.54) is 30.0 Å². The fourth-order valence-electron chi connectivity index (χ4n) is 3.91. The largest absolute Gasteiger partial charge is 0.352 e. The first kappa shape index (κ1) is 23.1. The van der Waals surface area contributed by atoms with Crippen LogP contribution < -0.4 is 11.2 Å². The molecule has 1 fully saturated rings. The summed E-state index contributed by atoms with van der Waals surface area (Å²) in [6.45, 7) is 4.26. The van der Waals surface area contributed by atoms with Crippen LogP contribution in [0.4, 0.5) is 4.39 Å². The molecule has 176 valence electrons. The second-order valence-electron chi connectivity index (χ2n) is 8.20. The highest BCUT2D eigenvalue weighted by molar-refractivity contribution is 5.92. The van der Waals surface area contributed by atoms with Crippen molar-refractivity contribution in [3.63, 3.8) is 0 Å². The molecule has 1 saturated heterocycles. The topological polar surface area (TPSA) is 97.5 Å². The van der Waals surface area contributed by atoms with Crippen LogP contribution in [0.15, 0.2) is 58.1 Å². The molecular weight excluding hydrogens is 441 g/mol. The molecule has 1 aromatic heterocycles. The molecule has 0 N–H and O–H groups in total. The molecule has 10 heteroatoms. The van der Waals surface area contributed by atoms with Gasteiger partial charge in [-0.1, -0.05) is 24.3 Å². The predicted molar refractivity (Wildman–Crippen MR) is 122 cm³/mol. The quantitative estimate of drug-likeness (QED) is 0.577. The maximum Gasteiger partial charge on any atom is 0.352 e. The van der Waals surface area contributed by atoms with Crippen LogP contribution in [0.5, 0.6) is 0 Å². The summed E-state index contributed by atoms with van der Waals surface area (Å²) in [5, 5.41) is 4.16. The number of rotatable bonds is 4. The lowest BCUT2D eigenvalue weighted by atomic mass is 10.2. The first-order valence-electron chi connectivity index (χ1n) is 10.8. The van der Waals surface area contributed by atoms with Crippen molar-refractivity contribution in [1.29, 1.82) is 0 Å². The maximum atomic E-state index is 13.7. The van der Waals surface area contributed by atoms with Crippen LogP contribution in [0.25, 0.3) is 5.69 Å². The number of carbonyl (C=O) groups is 2. The van der Waals surface area contributed by atoms with Gasteiger partial charge in [0.25, 0.3) is 11.5 Å². The molecule has 34 heavy (non-hydrogen) atoms. The van der Waals surface area contributed by atoms with Crippen LogP contribution in [-0.4, -0.2) is 62.1 Å². The third-order valence-corrected chi connectivity index (χ3v) is 5.75. The fourth-order valence-corrected chi connectivity index (χ4v) is 3.91. The summed E-state index contributed by atoms with van der Waals surface area (Å²) in [6.07, 6.45) is 0. The van der Waals surface area contributed by atoms with Crippen molar-refractivity contribution in [2.24, 2.45) is 0 Å². The molecule has 2 heterocycles. The van der Waals surface area contributed by atoms with E-state index in [1.807, 2.05) is 13.0 Å². The molecule has 0 unspecified atom stereocenters. The van der Waals surface area contributed by atoms with Crippen LogP contribution in [-0.2, 0) is 11.3 Å². The van der Waals surface area contributed by atoms with Crippen LogP contribution in [0, 0.1) is 12.7 Å². The number of hydrogen-bond donors (Lipinski definition) is 0. The lowest BCUT2D eigenvalue weighted by Crippen LogP contribution is -2.52. The van der Waals surface area contributed by atoms with E-state index in [1.54, 1.807) is 29.2 Å². The molecule has 2 amide bonds. The molecular formula is C24H24FN5O4. The van der Waals surface area contributed by atoms with E-state index in [0.29, 0.717) is 24.3 Å². The maximum absolute atomic E-state index is 13.7. The summed E-state index contributed by atoms with van der Waals surface area (Å²) in [5.74, 6) is -1.21. The average Bonchev–Trinajstić information content (AvgIpc) is 2.81. The van der Waals surface area contributed by atoms with Gasteiger partial charge in [-0.2, -0.15) is 9.78 Å². The first-order valence-corrected chi connectivity index (χ1v) is 10.8. The summed E-state index contributed by atoms with van der Waals surface area (Å²) < 4.78 is 15.6. The molecule has 0 spiro atoms. The Morgan fingerprint density at radius 1 is 0.971 bits per heavy atom. The normalized spacial score (nSPS) is 13.7. The van der Waals surface area contributed by atoms with Crippen molar-refractivity contribution in [2.45, 2.75) is 20.4 Å².